The summed E-state index contributed by atoms with van der Waals surface area (Å²) in [6, 6.07) is 0. The van der Waals surface area contributed by atoms with Gasteiger partial charge in [0.2, 0.25) is 0 Å². The molecule has 0 bridgehead atoms. The minimum Gasteiger partial charge on any atom is -0.312 e. The summed E-state index contributed by atoms with van der Waals surface area (Å²) in [5.41, 5.74) is 0.252. The molecule has 1 nitrogen and oxygen atoms in total. The van der Waals surface area contributed by atoms with E-state index in [-0.39, 0.29) is 5.54 Å². The van der Waals surface area contributed by atoms with Crippen molar-refractivity contribution in [2.75, 3.05) is 6.54 Å². The highest BCUT2D eigenvalue weighted by Crippen LogP contribution is 2.06. The monoisotopic (exact) mass is 169 g/mol. The van der Waals surface area contributed by atoms with Gasteiger partial charge in [0.1, 0.15) is 0 Å². The fourth-order valence-electron chi connectivity index (χ4n) is 0.985. The van der Waals surface area contributed by atoms with E-state index < -0.39 is 0 Å². The second-order valence-corrected chi connectivity index (χ2v) is 4.60. The molecule has 0 rings (SSSR count). The summed E-state index contributed by atoms with van der Waals surface area (Å²) in [6.07, 6.45) is 4.37. The van der Waals surface area contributed by atoms with E-state index in [0.29, 0.717) is 0 Å². The van der Waals surface area contributed by atoms with Crippen LogP contribution in [-0.2, 0) is 0 Å². The van der Waals surface area contributed by atoms with Crippen LogP contribution in [0, 0.1) is 5.92 Å². The van der Waals surface area contributed by atoms with Crippen LogP contribution in [0.3, 0.4) is 0 Å². The van der Waals surface area contributed by atoms with Crippen molar-refractivity contribution in [3.8, 4) is 0 Å². The maximum Gasteiger partial charge on any atom is 0.00966 e. The lowest BCUT2D eigenvalue weighted by atomic mass is 10.0. The van der Waals surface area contributed by atoms with Gasteiger partial charge >= 0.3 is 0 Å². The summed E-state index contributed by atoms with van der Waals surface area (Å²) in [5.74, 6) is 0.752. The molecule has 0 spiro atoms. The van der Waals surface area contributed by atoms with Crippen molar-refractivity contribution in [2.24, 2.45) is 5.92 Å². The largest absolute Gasteiger partial charge is 0.312 e. The third-order valence-corrected chi connectivity index (χ3v) is 1.84. The van der Waals surface area contributed by atoms with Crippen LogP contribution in [0.5, 0.6) is 0 Å². The quantitative estimate of drug-likeness (QED) is 0.624. The molecule has 0 heterocycles. The van der Waals surface area contributed by atoms with Gasteiger partial charge in [-0.05, 0) is 46.1 Å². The first-order valence-electron chi connectivity index (χ1n) is 4.81. The van der Waals surface area contributed by atoms with Crippen molar-refractivity contribution in [2.45, 2.75) is 46.1 Å². The van der Waals surface area contributed by atoms with Gasteiger partial charge in [-0.1, -0.05) is 13.0 Å². The number of hydrogen-bond acceptors (Lipinski definition) is 1. The molecule has 0 amide bonds. The van der Waals surface area contributed by atoms with E-state index in [0.717, 1.165) is 18.9 Å². The van der Waals surface area contributed by atoms with E-state index in [2.05, 4.69) is 39.6 Å². The molecule has 0 aliphatic rings. The summed E-state index contributed by atoms with van der Waals surface area (Å²) in [7, 11) is 0. The summed E-state index contributed by atoms with van der Waals surface area (Å²) >= 11 is 0. The summed E-state index contributed by atoms with van der Waals surface area (Å²) in [4.78, 5) is 0. The SMILES string of the molecule is C=CCCC(C)CNC(C)(C)C. The maximum absolute atomic E-state index is 3.72. The molecule has 0 fully saturated rings. The number of hydrogen-bond donors (Lipinski definition) is 1. The Morgan fingerprint density at radius 1 is 1.42 bits per heavy atom. The van der Waals surface area contributed by atoms with E-state index in [4.69, 9.17) is 0 Å². The lowest BCUT2D eigenvalue weighted by Crippen LogP contribution is -2.38. The average Bonchev–Trinajstić information content (AvgIpc) is 1.95. The van der Waals surface area contributed by atoms with Crippen LogP contribution < -0.4 is 5.32 Å². The van der Waals surface area contributed by atoms with Crippen LogP contribution in [-0.4, -0.2) is 12.1 Å². The third-order valence-electron chi connectivity index (χ3n) is 1.84. The van der Waals surface area contributed by atoms with Gasteiger partial charge in [-0.25, -0.2) is 0 Å². The van der Waals surface area contributed by atoms with Crippen LogP contribution in [0.2, 0.25) is 0 Å². The van der Waals surface area contributed by atoms with Gasteiger partial charge in [-0.3, -0.25) is 0 Å². The van der Waals surface area contributed by atoms with Crippen LogP contribution in [0.25, 0.3) is 0 Å². The zero-order valence-electron chi connectivity index (χ0n) is 8.98. The molecule has 0 aliphatic carbocycles. The van der Waals surface area contributed by atoms with E-state index in [1.54, 1.807) is 0 Å². The van der Waals surface area contributed by atoms with Crippen molar-refractivity contribution < 1.29 is 0 Å². The first-order chi connectivity index (χ1) is 5.45. The van der Waals surface area contributed by atoms with Crippen molar-refractivity contribution in [3.63, 3.8) is 0 Å². The Labute approximate surface area is 77.2 Å². The Morgan fingerprint density at radius 3 is 2.42 bits per heavy atom. The molecule has 1 unspecified atom stereocenters. The molecule has 0 aromatic rings. The predicted molar refractivity (Wildman–Crippen MR) is 56.4 cm³/mol. The van der Waals surface area contributed by atoms with Crippen molar-refractivity contribution in [1.82, 2.24) is 5.32 Å². The second kappa shape index (κ2) is 5.36. The molecule has 72 valence electrons. The standard InChI is InChI=1S/C11H23N/c1-6-7-8-10(2)9-12-11(3,4)5/h6,10,12H,1,7-9H2,2-5H3. The van der Waals surface area contributed by atoms with E-state index >= 15 is 0 Å². The fraction of sp³-hybridized carbons (Fsp3) is 0.818. The van der Waals surface area contributed by atoms with Crippen LogP contribution >= 0.6 is 0 Å². The minimum absolute atomic E-state index is 0.252. The van der Waals surface area contributed by atoms with Crippen molar-refractivity contribution in [1.29, 1.82) is 0 Å². The molecule has 12 heavy (non-hydrogen) atoms. The van der Waals surface area contributed by atoms with E-state index in [1.807, 2.05) is 6.08 Å². The molecule has 0 saturated heterocycles. The van der Waals surface area contributed by atoms with Gasteiger partial charge in [0.15, 0.2) is 0 Å². The van der Waals surface area contributed by atoms with Crippen LogP contribution in [0.1, 0.15) is 40.5 Å². The average molecular weight is 169 g/mol. The minimum atomic E-state index is 0.252. The van der Waals surface area contributed by atoms with Crippen LogP contribution in [0.15, 0.2) is 12.7 Å². The van der Waals surface area contributed by atoms with Gasteiger partial charge in [-0.15, -0.1) is 6.58 Å². The zero-order valence-corrected chi connectivity index (χ0v) is 8.98. The molecular formula is C11H23N. The highest BCUT2D eigenvalue weighted by Gasteiger charge is 2.10. The third kappa shape index (κ3) is 7.80. The molecule has 0 aliphatic heterocycles. The van der Waals surface area contributed by atoms with Gasteiger partial charge in [-0.2, -0.15) is 0 Å². The Hall–Kier alpha value is -0.300. The van der Waals surface area contributed by atoms with E-state index in [1.165, 1.54) is 6.42 Å². The summed E-state index contributed by atoms with van der Waals surface area (Å²) < 4.78 is 0. The zero-order chi connectivity index (χ0) is 9.61. The molecule has 0 radical (unpaired) electrons. The summed E-state index contributed by atoms with van der Waals surface area (Å²) in [6.45, 7) is 13.7. The lowest BCUT2D eigenvalue weighted by Gasteiger charge is -2.23. The highest BCUT2D eigenvalue weighted by molar-refractivity contribution is 4.74. The highest BCUT2D eigenvalue weighted by atomic mass is 14.9. The number of nitrogens with one attached hydrogen (secondary N) is 1. The van der Waals surface area contributed by atoms with Crippen LogP contribution in [0.4, 0.5) is 0 Å². The smallest absolute Gasteiger partial charge is 0.00966 e. The molecule has 0 saturated carbocycles. The molecule has 1 N–H and O–H groups in total. The molecule has 1 atom stereocenters. The fourth-order valence-corrected chi connectivity index (χ4v) is 0.985. The lowest BCUT2D eigenvalue weighted by molar-refractivity contribution is 0.373. The predicted octanol–water partition coefficient (Wildman–Crippen LogP) is 2.98. The Morgan fingerprint density at radius 2 is 2.00 bits per heavy atom. The first kappa shape index (κ1) is 11.7. The van der Waals surface area contributed by atoms with Gasteiger partial charge in [0, 0.05) is 5.54 Å². The van der Waals surface area contributed by atoms with E-state index in [9.17, 15) is 0 Å². The number of allylic oxidation sites excluding steroid dienone is 1. The maximum atomic E-state index is 3.72. The Balaban J connectivity index is 3.43. The molecule has 1 heteroatoms. The number of rotatable bonds is 5. The van der Waals surface area contributed by atoms with Crippen molar-refractivity contribution in [3.05, 3.63) is 12.7 Å². The molecule has 0 aromatic carbocycles. The normalized spacial score (nSPS) is 14.3. The van der Waals surface area contributed by atoms with Crippen molar-refractivity contribution >= 4 is 0 Å². The Kier molecular flexibility index (Phi) is 5.23. The molecular weight excluding hydrogens is 146 g/mol. The van der Waals surface area contributed by atoms with Gasteiger partial charge in [0.05, 0.1) is 0 Å². The van der Waals surface area contributed by atoms with Gasteiger partial charge in [0.25, 0.3) is 0 Å². The second-order valence-electron chi connectivity index (χ2n) is 4.60. The first-order valence-corrected chi connectivity index (χ1v) is 4.81. The van der Waals surface area contributed by atoms with Gasteiger partial charge < -0.3 is 5.32 Å². The Bertz CT molecular complexity index is 121. The summed E-state index contributed by atoms with van der Waals surface area (Å²) in [5, 5.41) is 3.50. The topological polar surface area (TPSA) is 12.0 Å². The molecule has 0 aromatic heterocycles.